The SMILES string of the molecule is NCCSCCCC(=O)N1CCOCC1. The summed E-state index contributed by atoms with van der Waals surface area (Å²) in [6.07, 6.45) is 1.62. The molecule has 1 aliphatic rings. The van der Waals surface area contributed by atoms with Crippen LogP contribution in [0.5, 0.6) is 0 Å². The first-order chi connectivity index (χ1) is 7.34. The Morgan fingerprint density at radius 1 is 1.33 bits per heavy atom. The Morgan fingerprint density at radius 2 is 2.07 bits per heavy atom. The molecule has 0 aromatic rings. The Morgan fingerprint density at radius 3 is 2.73 bits per heavy atom. The molecule has 0 spiro atoms. The van der Waals surface area contributed by atoms with E-state index in [0.717, 1.165) is 37.6 Å². The molecule has 0 saturated carbocycles. The van der Waals surface area contributed by atoms with Crippen LogP contribution < -0.4 is 5.73 Å². The fourth-order valence-electron chi connectivity index (χ4n) is 1.48. The number of hydrogen-bond donors (Lipinski definition) is 1. The lowest BCUT2D eigenvalue weighted by Gasteiger charge is -2.26. The van der Waals surface area contributed by atoms with Gasteiger partial charge in [0.15, 0.2) is 0 Å². The van der Waals surface area contributed by atoms with E-state index in [1.54, 1.807) is 0 Å². The molecule has 88 valence electrons. The van der Waals surface area contributed by atoms with Crippen molar-refractivity contribution in [1.29, 1.82) is 0 Å². The molecule has 1 amide bonds. The zero-order valence-electron chi connectivity index (χ0n) is 9.11. The Bertz CT molecular complexity index is 184. The summed E-state index contributed by atoms with van der Waals surface area (Å²) in [5.74, 6) is 2.30. The van der Waals surface area contributed by atoms with Crippen molar-refractivity contribution >= 4 is 17.7 Å². The zero-order chi connectivity index (χ0) is 10.9. The summed E-state index contributed by atoms with van der Waals surface area (Å²) in [6, 6.07) is 0. The number of morpholine rings is 1. The fourth-order valence-corrected chi connectivity index (χ4v) is 2.20. The monoisotopic (exact) mass is 232 g/mol. The molecular weight excluding hydrogens is 212 g/mol. The maximum absolute atomic E-state index is 11.7. The summed E-state index contributed by atoms with van der Waals surface area (Å²) >= 11 is 1.82. The Hall–Kier alpha value is -0.260. The van der Waals surface area contributed by atoms with Crippen molar-refractivity contribution in [3.8, 4) is 0 Å². The number of carbonyl (C=O) groups excluding carboxylic acids is 1. The molecule has 0 unspecified atom stereocenters. The van der Waals surface area contributed by atoms with Crippen LogP contribution in [-0.2, 0) is 9.53 Å². The Balaban J connectivity index is 2.02. The smallest absolute Gasteiger partial charge is 0.222 e. The van der Waals surface area contributed by atoms with E-state index in [4.69, 9.17) is 10.5 Å². The molecule has 4 nitrogen and oxygen atoms in total. The van der Waals surface area contributed by atoms with Gasteiger partial charge in [-0.3, -0.25) is 4.79 Å². The lowest BCUT2D eigenvalue weighted by Crippen LogP contribution is -2.40. The molecule has 1 aliphatic heterocycles. The number of nitrogens with zero attached hydrogens (tertiary/aromatic N) is 1. The van der Waals surface area contributed by atoms with Crippen molar-refractivity contribution in [2.45, 2.75) is 12.8 Å². The molecule has 0 bridgehead atoms. The summed E-state index contributed by atoms with van der Waals surface area (Å²) in [4.78, 5) is 13.6. The fraction of sp³-hybridized carbons (Fsp3) is 0.900. The first kappa shape index (κ1) is 12.8. The van der Waals surface area contributed by atoms with Crippen LogP contribution in [-0.4, -0.2) is 55.2 Å². The van der Waals surface area contributed by atoms with E-state index >= 15 is 0 Å². The standard InChI is InChI=1S/C10H20N2O2S/c11-3-9-15-8-1-2-10(13)12-4-6-14-7-5-12/h1-9,11H2. The number of nitrogens with two attached hydrogens (primary N) is 1. The second-order valence-electron chi connectivity index (χ2n) is 3.50. The number of rotatable bonds is 6. The van der Waals surface area contributed by atoms with Gasteiger partial charge in [-0.2, -0.15) is 11.8 Å². The molecule has 0 aliphatic carbocycles. The van der Waals surface area contributed by atoms with Crippen LogP contribution >= 0.6 is 11.8 Å². The minimum absolute atomic E-state index is 0.270. The molecule has 1 rings (SSSR count). The quantitative estimate of drug-likeness (QED) is 0.670. The number of thioether (sulfide) groups is 1. The third-order valence-electron chi connectivity index (χ3n) is 2.31. The van der Waals surface area contributed by atoms with Crippen molar-refractivity contribution < 1.29 is 9.53 Å². The average Bonchev–Trinajstić information content (AvgIpc) is 2.30. The van der Waals surface area contributed by atoms with Crippen LogP contribution in [0, 0.1) is 0 Å². The number of carbonyl (C=O) groups is 1. The molecule has 1 heterocycles. The summed E-state index contributed by atoms with van der Waals surface area (Å²) < 4.78 is 5.20. The first-order valence-corrected chi connectivity index (χ1v) is 6.63. The van der Waals surface area contributed by atoms with Crippen molar-refractivity contribution in [2.24, 2.45) is 5.73 Å². The molecule has 1 fully saturated rings. The Labute approximate surface area is 95.5 Å². The van der Waals surface area contributed by atoms with Gasteiger partial charge in [-0.05, 0) is 12.2 Å². The van der Waals surface area contributed by atoms with Gasteiger partial charge in [-0.1, -0.05) is 0 Å². The maximum Gasteiger partial charge on any atom is 0.222 e. The van der Waals surface area contributed by atoms with Gasteiger partial charge in [-0.25, -0.2) is 0 Å². The molecule has 0 aromatic carbocycles. The maximum atomic E-state index is 11.7. The number of hydrogen-bond acceptors (Lipinski definition) is 4. The van der Waals surface area contributed by atoms with Gasteiger partial charge in [-0.15, -0.1) is 0 Å². The van der Waals surface area contributed by atoms with Crippen LogP contribution in [0.2, 0.25) is 0 Å². The predicted octanol–water partition coefficient (Wildman–Crippen LogP) is 0.317. The van der Waals surface area contributed by atoms with E-state index < -0.39 is 0 Å². The highest BCUT2D eigenvalue weighted by molar-refractivity contribution is 7.99. The number of ether oxygens (including phenoxy) is 1. The highest BCUT2D eigenvalue weighted by Crippen LogP contribution is 2.06. The van der Waals surface area contributed by atoms with Gasteiger partial charge >= 0.3 is 0 Å². The Kier molecular flexibility index (Phi) is 6.80. The third kappa shape index (κ3) is 5.39. The van der Waals surface area contributed by atoms with Gasteiger partial charge < -0.3 is 15.4 Å². The largest absolute Gasteiger partial charge is 0.378 e. The van der Waals surface area contributed by atoms with Crippen LogP contribution in [0.3, 0.4) is 0 Å². The van der Waals surface area contributed by atoms with Crippen molar-refractivity contribution in [3.05, 3.63) is 0 Å². The van der Waals surface area contributed by atoms with Crippen LogP contribution in [0.15, 0.2) is 0 Å². The van der Waals surface area contributed by atoms with Crippen LogP contribution in [0.4, 0.5) is 0 Å². The first-order valence-electron chi connectivity index (χ1n) is 5.48. The van der Waals surface area contributed by atoms with E-state index in [2.05, 4.69) is 0 Å². The molecule has 0 radical (unpaired) electrons. The minimum atomic E-state index is 0.270. The highest BCUT2D eigenvalue weighted by atomic mass is 32.2. The lowest BCUT2D eigenvalue weighted by molar-refractivity contribution is -0.135. The van der Waals surface area contributed by atoms with E-state index in [-0.39, 0.29) is 5.91 Å². The van der Waals surface area contributed by atoms with Crippen LogP contribution in [0.1, 0.15) is 12.8 Å². The predicted molar refractivity (Wildman–Crippen MR) is 63.0 cm³/mol. The summed E-state index contributed by atoms with van der Waals surface area (Å²) in [6.45, 7) is 3.62. The second kappa shape index (κ2) is 7.96. The van der Waals surface area contributed by atoms with Gasteiger partial charge in [0.05, 0.1) is 13.2 Å². The van der Waals surface area contributed by atoms with E-state index in [0.29, 0.717) is 19.6 Å². The molecular formula is C10H20N2O2S. The molecule has 5 heteroatoms. The normalized spacial score (nSPS) is 16.7. The van der Waals surface area contributed by atoms with Crippen LogP contribution in [0.25, 0.3) is 0 Å². The summed E-state index contributed by atoms with van der Waals surface area (Å²) in [5, 5.41) is 0. The van der Waals surface area contributed by atoms with Gasteiger partial charge in [0.2, 0.25) is 5.91 Å². The average molecular weight is 232 g/mol. The summed E-state index contributed by atoms with van der Waals surface area (Å²) in [7, 11) is 0. The van der Waals surface area contributed by atoms with Gasteiger partial charge in [0, 0.05) is 31.8 Å². The van der Waals surface area contributed by atoms with E-state index in [1.165, 1.54) is 0 Å². The second-order valence-corrected chi connectivity index (χ2v) is 4.72. The number of amides is 1. The molecule has 0 aromatic heterocycles. The van der Waals surface area contributed by atoms with Gasteiger partial charge in [0.25, 0.3) is 0 Å². The molecule has 0 atom stereocenters. The highest BCUT2D eigenvalue weighted by Gasteiger charge is 2.15. The van der Waals surface area contributed by atoms with Crippen molar-refractivity contribution in [2.75, 3.05) is 44.4 Å². The van der Waals surface area contributed by atoms with E-state index in [1.807, 2.05) is 16.7 Å². The minimum Gasteiger partial charge on any atom is -0.378 e. The van der Waals surface area contributed by atoms with Crippen molar-refractivity contribution in [3.63, 3.8) is 0 Å². The summed E-state index contributed by atoms with van der Waals surface area (Å²) in [5.41, 5.74) is 5.38. The molecule has 1 saturated heterocycles. The van der Waals surface area contributed by atoms with Crippen molar-refractivity contribution in [1.82, 2.24) is 4.90 Å². The van der Waals surface area contributed by atoms with E-state index in [9.17, 15) is 4.79 Å². The molecule has 15 heavy (non-hydrogen) atoms. The topological polar surface area (TPSA) is 55.6 Å². The molecule has 2 N–H and O–H groups in total. The third-order valence-corrected chi connectivity index (χ3v) is 3.41. The zero-order valence-corrected chi connectivity index (χ0v) is 9.93. The van der Waals surface area contributed by atoms with Gasteiger partial charge in [0.1, 0.15) is 0 Å². The lowest BCUT2D eigenvalue weighted by atomic mass is 10.3.